The third-order valence-corrected chi connectivity index (χ3v) is 3.97. The van der Waals surface area contributed by atoms with Gasteiger partial charge in [0.25, 0.3) is 0 Å². The minimum Gasteiger partial charge on any atom is -0.341 e. The van der Waals surface area contributed by atoms with Crippen LogP contribution in [0.3, 0.4) is 0 Å². The highest BCUT2D eigenvalue weighted by Crippen LogP contribution is 2.13. The van der Waals surface area contributed by atoms with Crippen molar-refractivity contribution in [3.63, 3.8) is 0 Å². The smallest absolute Gasteiger partial charge is 0.239 e. The third kappa shape index (κ3) is 3.19. The fraction of sp³-hybridized carbons (Fsp3) is 0.923. The van der Waals surface area contributed by atoms with Crippen molar-refractivity contribution in [1.29, 1.82) is 0 Å². The predicted molar refractivity (Wildman–Crippen MR) is 68.9 cm³/mol. The molecule has 4 nitrogen and oxygen atoms in total. The zero-order valence-corrected chi connectivity index (χ0v) is 11.1. The van der Waals surface area contributed by atoms with E-state index in [1.165, 1.54) is 19.3 Å². The summed E-state index contributed by atoms with van der Waals surface area (Å²) >= 11 is 0. The van der Waals surface area contributed by atoms with Gasteiger partial charge in [-0.05, 0) is 33.1 Å². The Hall–Kier alpha value is -0.610. The average molecular weight is 239 g/mol. The molecule has 2 unspecified atom stereocenters. The second-order valence-corrected chi connectivity index (χ2v) is 5.41. The Kier molecular flexibility index (Phi) is 4.40. The van der Waals surface area contributed by atoms with E-state index < -0.39 is 0 Å². The highest BCUT2D eigenvalue weighted by Gasteiger charge is 2.29. The standard InChI is InChI=1S/C13H25N3O/c1-11-10-16(9-6-14-11)12(2)13(17)15-7-4-3-5-8-15/h11-12,14H,3-10H2,1-2H3. The molecule has 0 bridgehead atoms. The number of likely N-dealkylation sites (tertiary alicyclic amines) is 1. The van der Waals surface area contributed by atoms with E-state index in [1.54, 1.807) is 0 Å². The number of carbonyl (C=O) groups excluding carboxylic acids is 1. The fourth-order valence-electron chi connectivity index (χ4n) is 2.85. The largest absolute Gasteiger partial charge is 0.341 e. The molecule has 0 aromatic carbocycles. The van der Waals surface area contributed by atoms with Gasteiger partial charge >= 0.3 is 0 Å². The third-order valence-electron chi connectivity index (χ3n) is 3.97. The van der Waals surface area contributed by atoms with Crippen LogP contribution in [-0.2, 0) is 4.79 Å². The van der Waals surface area contributed by atoms with Gasteiger partial charge in [0.1, 0.15) is 0 Å². The van der Waals surface area contributed by atoms with Gasteiger partial charge in [0.05, 0.1) is 6.04 Å². The number of rotatable bonds is 2. The van der Waals surface area contributed by atoms with Gasteiger partial charge in [0, 0.05) is 38.8 Å². The van der Waals surface area contributed by atoms with Crippen molar-refractivity contribution in [2.24, 2.45) is 0 Å². The lowest BCUT2D eigenvalue weighted by Crippen LogP contribution is -2.56. The summed E-state index contributed by atoms with van der Waals surface area (Å²) in [7, 11) is 0. The second kappa shape index (κ2) is 5.83. The molecule has 0 aromatic heterocycles. The number of hydrogen-bond donors (Lipinski definition) is 1. The maximum atomic E-state index is 12.4. The van der Waals surface area contributed by atoms with E-state index in [1.807, 2.05) is 0 Å². The normalized spacial score (nSPS) is 29.1. The SMILES string of the molecule is CC1CN(C(C)C(=O)N2CCCCC2)CCN1. The van der Waals surface area contributed by atoms with Crippen LogP contribution in [0.4, 0.5) is 0 Å². The Morgan fingerprint density at radius 3 is 2.59 bits per heavy atom. The fourth-order valence-corrected chi connectivity index (χ4v) is 2.85. The molecule has 0 aromatic rings. The Morgan fingerprint density at radius 2 is 1.94 bits per heavy atom. The van der Waals surface area contributed by atoms with Crippen molar-refractivity contribution in [3.05, 3.63) is 0 Å². The van der Waals surface area contributed by atoms with Crippen LogP contribution in [0, 0.1) is 0 Å². The molecule has 1 N–H and O–H groups in total. The van der Waals surface area contributed by atoms with Crippen LogP contribution in [-0.4, -0.2) is 60.5 Å². The van der Waals surface area contributed by atoms with Crippen LogP contribution in [0.1, 0.15) is 33.1 Å². The van der Waals surface area contributed by atoms with Gasteiger partial charge in [-0.1, -0.05) is 0 Å². The van der Waals surface area contributed by atoms with Gasteiger partial charge in [-0.15, -0.1) is 0 Å². The first kappa shape index (κ1) is 12.8. The molecule has 2 fully saturated rings. The van der Waals surface area contributed by atoms with Gasteiger partial charge in [-0.3, -0.25) is 9.69 Å². The summed E-state index contributed by atoms with van der Waals surface area (Å²) in [5.41, 5.74) is 0. The van der Waals surface area contributed by atoms with Crippen LogP contribution in [0.5, 0.6) is 0 Å². The zero-order chi connectivity index (χ0) is 12.3. The maximum Gasteiger partial charge on any atom is 0.239 e. The molecule has 2 atom stereocenters. The number of hydrogen-bond acceptors (Lipinski definition) is 3. The molecular formula is C13H25N3O. The summed E-state index contributed by atoms with van der Waals surface area (Å²) in [6.45, 7) is 9.15. The van der Waals surface area contributed by atoms with E-state index in [2.05, 4.69) is 29.0 Å². The van der Waals surface area contributed by atoms with Crippen molar-refractivity contribution >= 4 is 5.91 Å². The summed E-state index contributed by atoms with van der Waals surface area (Å²) in [5.74, 6) is 0.332. The first-order valence-electron chi connectivity index (χ1n) is 6.94. The van der Waals surface area contributed by atoms with Crippen molar-refractivity contribution in [2.45, 2.75) is 45.2 Å². The number of piperazine rings is 1. The molecule has 2 aliphatic heterocycles. The predicted octanol–water partition coefficient (Wildman–Crippen LogP) is 0.681. The molecule has 2 rings (SSSR count). The lowest BCUT2D eigenvalue weighted by atomic mass is 10.1. The van der Waals surface area contributed by atoms with Crippen LogP contribution in [0.25, 0.3) is 0 Å². The maximum absolute atomic E-state index is 12.4. The molecule has 0 saturated carbocycles. The molecule has 17 heavy (non-hydrogen) atoms. The molecule has 0 spiro atoms. The van der Waals surface area contributed by atoms with Gasteiger partial charge < -0.3 is 10.2 Å². The summed E-state index contributed by atoms with van der Waals surface area (Å²) in [5, 5.41) is 3.42. The van der Waals surface area contributed by atoms with Crippen LogP contribution in [0.15, 0.2) is 0 Å². The number of amides is 1. The first-order valence-corrected chi connectivity index (χ1v) is 6.94. The minimum absolute atomic E-state index is 0.0534. The minimum atomic E-state index is 0.0534. The van der Waals surface area contributed by atoms with E-state index in [0.717, 1.165) is 32.7 Å². The van der Waals surface area contributed by atoms with Gasteiger partial charge in [0.2, 0.25) is 5.91 Å². The van der Waals surface area contributed by atoms with Crippen molar-refractivity contribution in [1.82, 2.24) is 15.1 Å². The van der Waals surface area contributed by atoms with Crippen LogP contribution < -0.4 is 5.32 Å². The van der Waals surface area contributed by atoms with E-state index in [4.69, 9.17) is 0 Å². The molecule has 98 valence electrons. The summed E-state index contributed by atoms with van der Waals surface area (Å²) in [6, 6.07) is 0.554. The molecule has 2 heterocycles. The molecule has 0 radical (unpaired) electrons. The van der Waals surface area contributed by atoms with E-state index >= 15 is 0 Å². The molecule has 2 aliphatic rings. The van der Waals surface area contributed by atoms with E-state index in [0.29, 0.717) is 11.9 Å². The second-order valence-electron chi connectivity index (χ2n) is 5.41. The average Bonchev–Trinajstić information content (AvgIpc) is 2.38. The molecular weight excluding hydrogens is 214 g/mol. The Balaban J connectivity index is 1.89. The van der Waals surface area contributed by atoms with Crippen molar-refractivity contribution in [2.75, 3.05) is 32.7 Å². The van der Waals surface area contributed by atoms with Crippen molar-refractivity contribution < 1.29 is 4.79 Å². The van der Waals surface area contributed by atoms with Gasteiger partial charge in [-0.2, -0.15) is 0 Å². The Bertz CT molecular complexity index is 263. The lowest BCUT2D eigenvalue weighted by Gasteiger charge is -2.38. The number of nitrogens with zero attached hydrogens (tertiary/aromatic N) is 2. The Labute approximate surface area is 104 Å². The number of carbonyl (C=O) groups is 1. The highest BCUT2D eigenvalue weighted by atomic mass is 16.2. The quantitative estimate of drug-likeness (QED) is 0.770. The first-order chi connectivity index (χ1) is 8.18. The lowest BCUT2D eigenvalue weighted by molar-refractivity contribution is -0.137. The van der Waals surface area contributed by atoms with E-state index in [9.17, 15) is 4.79 Å². The monoisotopic (exact) mass is 239 g/mol. The molecule has 2 saturated heterocycles. The van der Waals surface area contributed by atoms with Crippen LogP contribution >= 0.6 is 0 Å². The van der Waals surface area contributed by atoms with E-state index in [-0.39, 0.29) is 6.04 Å². The summed E-state index contributed by atoms with van der Waals surface area (Å²) < 4.78 is 0. The molecule has 1 amide bonds. The highest BCUT2D eigenvalue weighted by molar-refractivity contribution is 5.81. The van der Waals surface area contributed by atoms with Gasteiger partial charge in [0.15, 0.2) is 0 Å². The molecule has 4 heteroatoms. The Morgan fingerprint density at radius 1 is 1.24 bits per heavy atom. The van der Waals surface area contributed by atoms with Gasteiger partial charge in [-0.25, -0.2) is 0 Å². The molecule has 0 aliphatic carbocycles. The number of nitrogens with one attached hydrogen (secondary N) is 1. The summed E-state index contributed by atoms with van der Waals surface area (Å²) in [4.78, 5) is 16.7. The topological polar surface area (TPSA) is 35.6 Å². The zero-order valence-electron chi connectivity index (χ0n) is 11.1. The number of piperidine rings is 1. The summed E-state index contributed by atoms with van der Waals surface area (Å²) in [6.07, 6.45) is 3.63. The van der Waals surface area contributed by atoms with Crippen molar-refractivity contribution in [3.8, 4) is 0 Å². The van der Waals surface area contributed by atoms with Crippen LogP contribution in [0.2, 0.25) is 0 Å².